The van der Waals surface area contributed by atoms with E-state index in [2.05, 4.69) is 26.0 Å². The second kappa shape index (κ2) is 8.02. The third-order valence-corrected chi connectivity index (χ3v) is 7.41. The Balaban J connectivity index is 1.47. The summed E-state index contributed by atoms with van der Waals surface area (Å²) in [5.74, 6) is 6.35. The van der Waals surface area contributed by atoms with Gasteiger partial charge in [0, 0.05) is 0 Å². The molecule has 0 aromatic heterocycles. The van der Waals surface area contributed by atoms with Crippen LogP contribution in [-0.2, 0) is 0 Å². The highest BCUT2D eigenvalue weighted by Gasteiger charge is 2.38. The van der Waals surface area contributed by atoms with Gasteiger partial charge in [0.15, 0.2) is 0 Å². The minimum atomic E-state index is 0.910. The third kappa shape index (κ3) is 3.98. The molecule has 3 rings (SSSR count). The minimum absolute atomic E-state index is 0.910. The average Bonchev–Trinajstić information content (AvgIpc) is 2.56. The summed E-state index contributed by atoms with van der Waals surface area (Å²) in [6.07, 6.45) is 23.1. The Morgan fingerprint density at radius 1 is 0.727 bits per heavy atom. The van der Waals surface area contributed by atoms with Crippen LogP contribution in [0.4, 0.5) is 0 Å². The highest BCUT2D eigenvalue weighted by atomic mass is 14.4. The van der Waals surface area contributed by atoms with Gasteiger partial charge in [0.2, 0.25) is 0 Å². The van der Waals surface area contributed by atoms with Crippen molar-refractivity contribution >= 4 is 0 Å². The van der Waals surface area contributed by atoms with Crippen molar-refractivity contribution in [3.05, 3.63) is 12.2 Å². The monoisotopic (exact) mass is 302 g/mol. The van der Waals surface area contributed by atoms with Gasteiger partial charge in [-0.05, 0) is 93.8 Å². The predicted molar refractivity (Wildman–Crippen MR) is 96.8 cm³/mol. The number of fused-ring (bicyclic) bond motifs is 1. The zero-order valence-electron chi connectivity index (χ0n) is 15.1. The molecule has 3 aliphatic rings. The first-order valence-corrected chi connectivity index (χ1v) is 10.4. The first-order chi connectivity index (χ1) is 10.8. The molecule has 0 unspecified atom stereocenters. The van der Waals surface area contributed by atoms with Crippen LogP contribution >= 0.6 is 0 Å². The zero-order chi connectivity index (χ0) is 15.4. The molecule has 22 heavy (non-hydrogen) atoms. The highest BCUT2D eigenvalue weighted by Crippen LogP contribution is 2.49. The number of hydrogen-bond donors (Lipinski definition) is 0. The summed E-state index contributed by atoms with van der Waals surface area (Å²) in [6.45, 7) is 4.55. The van der Waals surface area contributed by atoms with Crippen molar-refractivity contribution in [1.82, 2.24) is 0 Å². The molecule has 0 aromatic carbocycles. The maximum absolute atomic E-state index is 2.48. The fraction of sp³-hybridized carbons (Fsp3) is 0.909. The number of hydrogen-bond acceptors (Lipinski definition) is 0. The molecule has 4 atom stereocenters. The SMILES string of the molecule is CC=C[C@@H]1CC[C@@H]2C[C@H](C3CCC(CCC)CC3)CC[C@@H]2C1. The molecule has 126 valence electrons. The van der Waals surface area contributed by atoms with Crippen LogP contribution in [0.1, 0.15) is 90.9 Å². The van der Waals surface area contributed by atoms with Crippen molar-refractivity contribution in [2.45, 2.75) is 90.9 Å². The van der Waals surface area contributed by atoms with Gasteiger partial charge in [-0.1, -0.05) is 44.8 Å². The molecule has 0 N–H and O–H groups in total. The fourth-order valence-electron chi connectivity index (χ4n) is 6.19. The van der Waals surface area contributed by atoms with E-state index in [0.29, 0.717) is 0 Å². The molecule has 0 radical (unpaired) electrons. The Hall–Kier alpha value is -0.260. The third-order valence-electron chi connectivity index (χ3n) is 7.41. The molecule has 0 heterocycles. The summed E-state index contributed by atoms with van der Waals surface area (Å²) >= 11 is 0. The predicted octanol–water partition coefficient (Wildman–Crippen LogP) is 7.00. The van der Waals surface area contributed by atoms with E-state index in [1.807, 2.05) is 0 Å². The van der Waals surface area contributed by atoms with E-state index < -0.39 is 0 Å². The van der Waals surface area contributed by atoms with Crippen molar-refractivity contribution in [3.8, 4) is 0 Å². The van der Waals surface area contributed by atoms with Crippen molar-refractivity contribution in [2.75, 3.05) is 0 Å². The second-order valence-electron chi connectivity index (χ2n) is 8.76. The maximum Gasteiger partial charge on any atom is -0.0231 e. The molecule has 0 bridgehead atoms. The minimum Gasteiger partial charge on any atom is -0.0914 e. The van der Waals surface area contributed by atoms with Gasteiger partial charge in [0.1, 0.15) is 0 Å². The highest BCUT2D eigenvalue weighted by molar-refractivity contribution is 4.95. The summed E-state index contributed by atoms with van der Waals surface area (Å²) in [5.41, 5.74) is 0. The average molecular weight is 303 g/mol. The van der Waals surface area contributed by atoms with Crippen LogP contribution < -0.4 is 0 Å². The van der Waals surface area contributed by atoms with Crippen molar-refractivity contribution in [1.29, 1.82) is 0 Å². The number of rotatable bonds is 4. The van der Waals surface area contributed by atoms with Gasteiger partial charge in [0.05, 0.1) is 0 Å². The lowest BCUT2D eigenvalue weighted by Gasteiger charge is -2.45. The summed E-state index contributed by atoms with van der Waals surface area (Å²) in [7, 11) is 0. The lowest BCUT2D eigenvalue weighted by molar-refractivity contribution is 0.0671. The van der Waals surface area contributed by atoms with Gasteiger partial charge < -0.3 is 0 Å². The normalized spacial score (nSPS) is 43.2. The van der Waals surface area contributed by atoms with Gasteiger partial charge in [-0.2, -0.15) is 0 Å². The molecule has 0 heteroatoms. The molecule has 3 fully saturated rings. The van der Waals surface area contributed by atoms with Gasteiger partial charge in [-0.15, -0.1) is 0 Å². The quantitative estimate of drug-likeness (QED) is 0.490. The van der Waals surface area contributed by atoms with Crippen molar-refractivity contribution in [3.63, 3.8) is 0 Å². The molecule has 0 nitrogen and oxygen atoms in total. The topological polar surface area (TPSA) is 0 Å². The first-order valence-electron chi connectivity index (χ1n) is 10.4. The molecular formula is C22H38. The fourth-order valence-corrected chi connectivity index (χ4v) is 6.19. The van der Waals surface area contributed by atoms with Crippen LogP contribution in [0.25, 0.3) is 0 Å². The van der Waals surface area contributed by atoms with E-state index in [1.165, 1.54) is 32.1 Å². The largest absolute Gasteiger partial charge is 0.0914 e. The van der Waals surface area contributed by atoms with Crippen LogP contribution in [0.5, 0.6) is 0 Å². The number of allylic oxidation sites excluding steroid dienone is 2. The van der Waals surface area contributed by atoms with Crippen LogP contribution in [0.3, 0.4) is 0 Å². The van der Waals surface area contributed by atoms with E-state index in [4.69, 9.17) is 0 Å². The standard InChI is InChI=1S/C22H38/c1-3-5-17-7-10-19(11-8-17)21-14-13-20-15-18(6-4-2)9-12-22(20)16-21/h4,6,17-22H,3,5,7-16H2,1-2H3/t17?,18-,19?,20-,21-,22-/m1/s1. The van der Waals surface area contributed by atoms with Gasteiger partial charge in [0.25, 0.3) is 0 Å². The Labute approximate surface area is 139 Å². The van der Waals surface area contributed by atoms with Gasteiger partial charge >= 0.3 is 0 Å². The molecule has 3 saturated carbocycles. The molecule has 0 saturated heterocycles. The van der Waals surface area contributed by atoms with Crippen molar-refractivity contribution in [2.24, 2.45) is 35.5 Å². The summed E-state index contributed by atoms with van der Waals surface area (Å²) in [6, 6.07) is 0. The van der Waals surface area contributed by atoms with E-state index in [1.54, 1.807) is 44.9 Å². The lowest BCUT2D eigenvalue weighted by Crippen LogP contribution is -2.34. The smallest absolute Gasteiger partial charge is 0.0231 e. The molecular weight excluding hydrogens is 264 g/mol. The van der Waals surface area contributed by atoms with Gasteiger partial charge in [-0.25, -0.2) is 0 Å². The second-order valence-corrected chi connectivity index (χ2v) is 8.76. The van der Waals surface area contributed by atoms with Crippen molar-refractivity contribution < 1.29 is 0 Å². The van der Waals surface area contributed by atoms with Gasteiger partial charge in [-0.3, -0.25) is 0 Å². The summed E-state index contributed by atoms with van der Waals surface area (Å²) in [5, 5.41) is 0. The molecule has 3 aliphatic carbocycles. The van der Waals surface area contributed by atoms with Crippen LogP contribution in [0, 0.1) is 35.5 Å². The Kier molecular flexibility index (Phi) is 6.05. The molecule has 0 amide bonds. The Morgan fingerprint density at radius 2 is 1.32 bits per heavy atom. The lowest BCUT2D eigenvalue weighted by atomic mass is 9.61. The molecule has 0 aromatic rings. The summed E-state index contributed by atoms with van der Waals surface area (Å²) < 4.78 is 0. The molecule has 0 aliphatic heterocycles. The molecule has 0 spiro atoms. The first kappa shape index (κ1) is 16.6. The van der Waals surface area contributed by atoms with E-state index in [9.17, 15) is 0 Å². The maximum atomic E-state index is 2.48. The van der Waals surface area contributed by atoms with E-state index in [-0.39, 0.29) is 0 Å². The van der Waals surface area contributed by atoms with Crippen LogP contribution in [0.2, 0.25) is 0 Å². The summed E-state index contributed by atoms with van der Waals surface area (Å²) in [4.78, 5) is 0. The Bertz CT molecular complexity index is 347. The van der Waals surface area contributed by atoms with Crippen LogP contribution in [0.15, 0.2) is 12.2 Å². The van der Waals surface area contributed by atoms with E-state index >= 15 is 0 Å². The zero-order valence-corrected chi connectivity index (χ0v) is 15.1. The van der Waals surface area contributed by atoms with E-state index in [0.717, 1.165) is 35.5 Å². The van der Waals surface area contributed by atoms with Crippen LogP contribution in [-0.4, -0.2) is 0 Å². The Morgan fingerprint density at radius 3 is 2.00 bits per heavy atom.